The first-order valence-electron chi connectivity index (χ1n) is 5.96. The second-order valence-corrected chi connectivity index (χ2v) is 6.06. The summed E-state index contributed by atoms with van der Waals surface area (Å²) in [5.41, 5.74) is 1.59. The van der Waals surface area contributed by atoms with Crippen molar-refractivity contribution in [2.45, 2.75) is 12.5 Å². The minimum absolute atomic E-state index is 0.314. The maximum absolute atomic E-state index is 13.2. The molecule has 20 heavy (non-hydrogen) atoms. The number of benzene rings is 2. The third-order valence-corrected chi connectivity index (χ3v) is 4.31. The summed E-state index contributed by atoms with van der Waals surface area (Å²) in [6.45, 7) is 0. The van der Waals surface area contributed by atoms with Crippen LogP contribution < -0.4 is 4.74 Å². The summed E-state index contributed by atoms with van der Waals surface area (Å²) >= 11 is 6.56. The zero-order chi connectivity index (χ0) is 14.7. The lowest BCUT2D eigenvalue weighted by Crippen LogP contribution is -2.03. The van der Waals surface area contributed by atoms with Crippen LogP contribution >= 0.6 is 31.9 Å². The molecule has 0 amide bonds. The molecule has 1 N–H and O–H groups in total. The molecular weight excluding hydrogens is 391 g/mol. The summed E-state index contributed by atoms with van der Waals surface area (Å²) < 4.78 is 19.6. The summed E-state index contributed by atoms with van der Waals surface area (Å²) in [5.74, 6) is 0.369. The van der Waals surface area contributed by atoms with Crippen LogP contribution in [0, 0.1) is 5.82 Å². The molecule has 106 valence electrons. The number of ether oxygens (including phenoxy) is 1. The van der Waals surface area contributed by atoms with Crippen LogP contribution in [0.5, 0.6) is 5.75 Å². The Labute approximate surface area is 133 Å². The third kappa shape index (κ3) is 3.59. The van der Waals surface area contributed by atoms with Crippen LogP contribution in [-0.2, 0) is 6.42 Å². The van der Waals surface area contributed by atoms with E-state index in [4.69, 9.17) is 4.74 Å². The van der Waals surface area contributed by atoms with Crippen molar-refractivity contribution in [3.05, 3.63) is 62.3 Å². The molecule has 0 aliphatic heterocycles. The number of aliphatic hydroxyl groups is 1. The van der Waals surface area contributed by atoms with Gasteiger partial charge in [0.05, 0.1) is 17.7 Å². The van der Waals surface area contributed by atoms with Gasteiger partial charge >= 0.3 is 0 Å². The minimum atomic E-state index is -0.697. The van der Waals surface area contributed by atoms with Gasteiger partial charge in [-0.3, -0.25) is 0 Å². The largest absolute Gasteiger partial charge is 0.497 e. The van der Waals surface area contributed by atoms with Gasteiger partial charge in [-0.2, -0.15) is 0 Å². The van der Waals surface area contributed by atoms with Gasteiger partial charge in [0.2, 0.25) is 0 Å². The number of rotatable bonds is 4. The Hall–Kier alpha value is -0.910. The van der Waals surface area contributed by atoms with Gasteiger partial charge < -0.3 is 9.84 Å². The van der Waals surface area contributed by atoms with Gasteiger partial charge in [0.15, 0.2) is 0 Å². The molecule has 0 aliphatic rings. The smallest absolute Gasteiger partial charge is 0.137 e. The van der Waals surface area contributed by atoms with Gasteiger partial charge in [-0.05, 0) is 57.4 Å². The third-order valence-electron chi connectivity index (χ3n) is 2.98. The summed E-state index contributed by atoms with van der Waals surface area (Å²) in [5, 5.41) is 10.3. The van der Waals surface area contributed by atoms with Crippen LogP contribution in [0.25, 0.3) is 0 Å². The van der Waals surface area contributed by atoms with Gasteiger partial charge in [0.1, 0.15) is 11.6 Å². The molecule has 0 spiro atoms. The molecule has 2 nitrogen and oxygen atoms in total. The maximum atomic E-state index is 13.2. The first kappa shape index (κ1) is 15.5. The van der Waals surface area contributed by atoms with Crippen molar-refractivity contribution in [1.82, 2.24) is 0 Å². The lowest BCUT2D eigenvalue weighted by Gasteiger charge is -2.14. The fourth-order valence-electron chi connectivity index (χ4n) is 1.90. The molecule has 0 radical (unpaired) electrons. The van der Waals surface area contributed by atoms with Crippen molar-refractivity contribution in [1.29, 1.82) is 0 Å². The van der Waals surface area contributed by atoms with Crippen molar-refractivity contribution in [2.75, 3.05) is 7.11 Å². The normalized spacial score (nSPS) is 12.2. The lowest BCUT2D eigenvalue weighted by molar-refractivity contribution is 0.177. The van der Waals surface area contributed by atoms with Crippen LogP contribution in [0.15, 0.2) is 45.3 Å². The van der Waals surface area contributed by atoms with E-state index < -0.39 is 6.10 Å². The van der Waals surface area contributed by atoms with Crippen molar-refractivity contribution in [2.24, 2.45) is 0 Å². The Bertz CT molecular complexity index is 617. The molecule has 2 aromatic carbocycles. The van der Waals surface area contributed by atoms with Crippen LogP contribution in [0.3, 0.4) is 0 Å². The Balaban J connectivity index is 2.23. The fraction of sp³-hybridized carbons (Fsp3) is 0.200. The molecule has 0 aliphatic carbocycles. The Morgan fingerprint density at radius 3 is 2.55 bits per heavy atom. The standard InChI is InChI=1S/C15H13Br2FO2/c1-20-10-3-4-12(16)11(8-10)15(19)7-9-2-5-14(18)13(17)6-9/h2-6,8,15,19H,7H2,1H3. The van der Waals surface area contributed by atoms with Crippen LogP contribution in [0.1, 0.15) is 17.2 Å². The fourth-order valence-corrected chi connectivity index (χ4v) is 2.84. The molecule has 0 aromatic heterocycles. The molecule has 1 atom stereocenters. The molecule has 2 rings (SSSR count). The van der Waals surface area contributed by atoms with E-state index in [-0.39, 0.29) is 5.82 Å². The minimum Gasteiger partial charge on any atom is -0.497 e. The summed E-state index contributed by atoms with van der Waals surface area (Å²) in [7, 11) is 1.58. The van der Waals surface area contributed by atoms with E-state index in [2.05, 4.69) is 31.9 Å². The molecule has 0 saturated carbocycles. The molecule has 2 aromatic rings. The highest BCUT2D eigenvalue weighted by Gasteiger charge is 2.14. The number of methoxy groups -OCH3 is 1. The number of hydrogen-bond acceptors (Lipinski definition) is 2. The number of halogens is 3. The molecule has 0 bridgehead atoms. The first-order valence-corrected chi connectivity index (χ1v) is 7.55. The molecule has 0 saturated heterocycles. The average Bonchev–Trinajstić information content (AvgIpc) is 2.43. The molecular formula is C15H13Br2FO2. The van der Waals surface area contributed by atoms with Crippen molar-refractivity contribution in [3.8, 4) is 5.75 Å². The Morgan fingerprint density at radius 1 is 1.15 bits per heavy atom. The monoisotopic (exact) mass is 402 g/mol. The Kier molecular flexibility index (Phi) is 5.18. The van der Waals surface area contributed by atoms with E-state index in [1.165, 1.54) is 6.07 Å². The molecule has 0 heterocycles. The van der Waals surface area contributed by atoms with Gasteiger partial charge in [-0.1, -0.05) is 22.0 Å². The van der Waals surface area contributed by atoms with E-state index in [0.29, 0.717) is 16.6 Å². The predicted molar refractivity (Wildman–Crippen MR) is 83.5 cm³/mol. The van der Waals surface area contributed by atoms with E-state index >= 15 is 0 Å². The second kappa shape index (κ2) is 6.70. The van der Waals surface area contributed by atoms with Crippen LogP contribution in [0.4, 0.5) is 4.39 Å². The Morgan fingerprint density at radius 2 is 1.90 bits per heavy atom. The molecule has 0 fully saturated rings. The summed E-state index contributed by atoms with van der Waals surface area (Å²) in [6, 6.07) is 10.1. The van der Waals surface area contributed by atoms with Crippen LogP contribution in [-0.4, -0.2) is 12.2 Å². The highest BCUT2D eigenvalue weighted by Crippen LogP contribution is 2.30. The number of hydrogen-bond donors (Lipinski definition) is 1. The quantitative estimate of drug-likeness (QED) is 0.805. The summed E-state index contributed by atoms with van der Waals surface area (Å²) in [4.78, 5) is 0. The van der Waals surface area contributed by atoms with Crippen molar-refractivity contribution >= 4 is 31.9 Å². The lowest BCUT2D eigenvalue weighted by atomic mass is 10.0. The highest BCUT2D eigenvalue weighted by molar-refractivity contribution is 9.10. The van der Waals surface area contributed by atoms with Gasteiger partial charge in [0, 0.05) is 10.9 Å². The zero-order valence-electron chi connectivity index (χ0n) is 10.7. The van der Waals surface area contributed by atoms with Crippen molar-refractivity contribution in [3.63, 3.8) is 0 Å². The van der Waals surface area contributed by atoms with Crippen molar-refractivity contribution < 1.29 is 14.2 Å². The summed E-state index contributed by atoms with van der Waals surface area (Å²) in [6.07, 6.45) is -0.304. The average molecular weight is 404 g/mol. The van der Waals surface area contributed by atoms with Gasteiger partial charge in [0.25, 0.3) is 0 Å². The van der Waals surface area contributed by atoms with E-state index in [1.54, 1.807) is 25.3 Å². The highest BCUT2D eigenvalue weighted by atomic mass is 79.9. The zero-order valence-corrected chi connectivity index (χ0v) is 13.9. The second-order valence-electron chi connectivity index (χ2n) is 4.36. The van der Waals surface area contributed by atoms with E-state index in [9.17, 15) is 9.50 Å². The first-order chi connectivity index (χ1) is 9.51. The maximum Gasteiger partial charge on any atom is 0.137 e. The van der Waals surface area contributed by atoms with Crippen LogP contribution in [0.2, 0.25) is 0 Å². The topological polar surface area (TPSA) is 29.5 Å². The van der Waals surface area contributed by atoms with E-state index in [1.807, 2.05) is 12.1 Å². The van der Waals surface area contributed by atoms with E-state index in [0.717, 1.165) is 15.6 Å². The molecule has 1 unspecified atom stereocenters. The van der Waals surface area contributed by atoms with Gasteiger partial charge in [-0.25, -0.2) is 4.39 Å². The van der Waals surface area contributed by atoms with Gasteiger partial charge in [-0.15, -0.1) is 0 Å². The molecule has 5 heteroatoms. The SMILES string of the molecule is COc1ccc(Br)c(C(O)Cc2ccc(F)c(Br)c2)c1. The predicted octanol–water partition coefficient (Wildman–Crippen LogP) is 4.64. The number of aliphatic hydroxyl groups excluding tert-OH is 1.